The van der Waals surface area contributed by atoms with Crippen molar-refractivity contribution in [3.05, 3.63) is 40.2 Å². The van der Waals surface area contributed by atoms with Crippen molar-refractivity contribution < 1.29 is 9.90 Å². The molecule has 2 N–H and O–H groups in total. The Hall–Kier alpha value is -2.63. The van der Waals surface area contributed by atoms with Gasteiger partial charge in [-0.1, -0.05) is 12.1 Å². The lowest BCUT2D eigenvalue weighted by Gasteiger charge is -2.10. The summed E-state index contributed by atoms with van der Waals surface area (Å²) in [5, 5.41) is 14.6. The van der Waals surface area contributed by atoms with Crippen molar-refractivity contribution >= 4 is 22.5 Å². The number of aromatic nitrogens is 1. The van der Waals surface area contributed by atoms with Crippen molar-refractivity contribution in [2.75, 3.05) is 0 Å². The Labute approximate surface area is 108 Å². The number of hydrazone groups is 1. The lowest BCUT2D eigenvalue weighted by atomic mass is 10.0. The zero-order valence-electron chi connectivity index (χ0n) is 10.2. The maximum Gasteiger partial charge on any atom is 0.263 e. The van der Waals surface area contributed by atoms with E-state index in [4.69, 9.17) is 0 Å². The van der Waals surface area contributed by atoms with Crippen LogP contribution in [-0.4, -0.2) is 21.3 Å². The molecule has 0 unspecified atom stereocenters. The van der Waals surface area contributed by atoms with Crippen molar-refractivity contribution in [1.29, 1.82) is 0 Å². The molecule has 96 valence electrons. The second-order valence-corrected chi connectivity index (χ2v) is 4.38. The third-order valence-electron chi connectivity index (χ3n) is 3.21. The first-order valence-corrected chi connectivity index (χ1v) is 5.76. The van der Waals surface area contributed by atoms with E-state index in [0.717, 1.165) is 0 Å². The van der Waals surface area contributed by atoms with Crippen LogP contribution in [0.1, 0.15) is 12.0 Å². The van der Waals surface area contributed by atoms with Gasteiger partial charge < -0.3 is 9.67 Å². The fourth-order valence-corrected chi connectivity index (χ4v) is 2.24. The summed E-state index contributed by atoms with van der Waals surface area (Å²) in [7, 11) is 1.62. The first-order chi connectivity index (χ1) is 9.09. The summed E-state index contributed by atoms with van der Waals surface area (Å²) in [6, 6.07) is 7.04. The number of rotatable bonds is 1. The van der Waals surface area contributed by atoms with Gasteiger partial charge in [0.2, 0.25) is 5.91 Å². The summed E-state index contributed by atoms with van der Waals surface area (Å²) in [6.07, 6.45) is 0.00113. The number of amides is 1. The molecule has 0 saturated carbocycles. The van der Waals surface area contributed by atoms with E-state index in [0.29, 0.717) is 10.9 Å². The lowest BCUT2D eigenvalue weighted by Crippen LogP contribution is -2.25. The van der Waals surface area contributed by atoms with Crippen molar-refractivity contribution in [2.24, 2.45) is 12.1 Å². The molecular weight excluding hydrogens is 246 g/mol. The molecule has 2 heterocycles. The molecule has 1 aliphatic rings. The lowest BCUT2D eigenvalue weighted by molar-refractivity contribution is -0.119. The van der Waals surface area contributed by atoms with Crippen molar-refractivity contribution in [3.8, 4) is 5.75 Å². The average Bonchev–Trinajstić information content (AvgIpc) is 2.83. The van der Waals surface area contributed by atoms with Gasteiger partial charge >= 0.3 is 0 Å². The van der Waals surface area contributed by atoms with E-state index in [2.05, 4.69) is 10.5 Å². The van der Waals surface area contributed by atoms with Crippen LogP contribution in [0.4, 0.5) is 0 Å². The number of carbonyl (C=O) groups is 1. The van der Waals surface area contributed by atoms with Gasteiger partial charge in [-0.3, -0.25) is 9.59 Å². The molecular formula is C13H11N3O3. The van der Waals surface area contributed by atoms with E-state index < -0.39 is 0 Å². The maximum atomic E-state index is 12.3. The van der Waals surface area contributed by atoms with Crippen LogP contribution < -0.4 is 11.0 Å². The third kappa shape index (κ3) is 1.61. The van der Waals surface area contributed by atoms with Crippen LogP contribution in [-0.2, 0) is 11.8 Å². The summed E-state index contributed by atoms with van der Waals surface area (Å²) in [6.45, 7) is 0. The number of hydrogen-bond donors (Lipinski definition) is 2. The van der Waals surface area contributed by atoms with Crippen LogP contribution in [0.25, 0.3) is 10.9 Å². The minimum atomic E-state index is -0.369. The van der Waals surface area contributed by atoms with Gasteiger partial charge in [-0.25, -0.2) is 5.43 Å². The molecule has 1 aromatic carbocycles. The summed E-state index contributed by atoms with van der Waals surface area (Å²) in [4.78, 5) is 23.5. The smallest absolute Gasteiger partial charge is 0.263 e. The fourth-order valence-electron chi connectivity index (χ4n) is 2.24. The van der Waals surface area contributed by atoms with Crippen LogP contribution in [0.5, 0.6) is 5.75 Å². The highest BCUT2D eigenvalue weighted by molar-refractivity contribution is 6.16. The molecule has 1 amide bonds. The molecule has 1 aliphatic heterocycles. The van der Waals surface area contributed by atoms with E-state index in [9.17, 15) is 14.7 Å². The van der Waals surface area contributed by atoms with Gasteiger partial charge in [0.15, 0.2) is 0 Å². The standard InChI is InChI=1S/C13H11N3O3/c1-16-9-5-3-2-4-7(9)12(18)11(13(16)19)8-6-10(17)15-14-8/h2-5,18H,6H2,1H3,(H,15,17). The molecule has 1 aromatic heterocycles. The molecule has 6 nitrogen and oxygen atoms in total. The Balaban J connectivity index is 2.37. The van der Waals surface area contributed by atoms with E-state index in [1.54, 1.807) is 31.3 Å². The predicted molar refractivity (Wildman–Crippen MR) is 70.2 cm³/mol. The van der Waals surface area contributed by atoms with Gasteiger partial charge in [0.1, 0.15) is 11.3 Å². The Morgan fingerprint density at radius 2 is 2.05 bits per heavy atom. The molecule has 6 heteroatoms. The van der Waals surface area contributed by atoms with Gasteiger partial charge in [-0.05, 0) is 12.1 Å². The van der Waals surface area contributed by atoms with Crippen molar-refractivity contribution in [2.45, 2.75) is 6.42 Å². The zero-order valence-corrected chi connectivity index (χ0v) is 10.2. The number of benzene rings is 1. The summed E-state index contributed by atoms with van der Waals surface area (Å²) in [5.74, 6) is -0.418. The minimum absolute atomic E-state index is 0.00113. The number of para-hydroxylation sites is 1. The van der Waals surface area contributed by atoms with Crippen molar-refractivity contribution in [3.63, 3.8) is 0 Å². The maximum absolute atomic E-state index is 12.3. The number of aromatic hydroxyl groups is 1. The summed E-state index contributed by atoms with van der Waals surface area (Å²) >= 11 is 0. The number of carbonyl (C=O) groups excluding carboxylic acids is 1. The summed E-state index contributed by atoms with van der Waals surface area (Å²) in [5.41, 5.74) is 2.90. The Bertz CT molecular complexity index is 790. The van der Waals surface area contributed by atoms with Crippen LogP contribution in [0.2, 0.25) is 0 Å². The second-order valence-electron chi connectivity index (χ2n) is 4.38. The first-order valence-electron chi connectivity index (χ1n) is 5.76. The van der Waals surface area contributed by atoms with Gasteiger partial charge in [-0.15, -0.1) is 0 Å². The monoisotopic (exact) mass is 257 g/mol. The van der Waals surface area contributed by atoms with E-state index >= 15 is 0 Å². The highest BCUT2D eigenvalue weighted by atomic mass is 16.3. The molecule has 19 heavy (non-hydrogen) atoms. The Kier molecular flexibility index (Phi) is 2.38. The number of fused-ring (bicyclic) bond motifs is 1. The van der Waals surface area contributed by atoms with E-state index in [1.807, 2.05) is 0 Å². The van der Waals surface area contributed by atoms with Crippen LogP contribution in [0.3, 0.4) is 0 Å². The van der Waals surface area contributed by atoms with Crippen LogP contribution in [0.15, 0.2) is 34.2 Å². The number of hydrogen-bond acceptors (Lipinski definition) is 4. The molecule has 0 saturated heterocycles. The van der Waals surface area contributed by atoms with E-state index in [-0.39, 0.29) is 34.9 Å². The predicted octanol–water partition coefficient (Wildman–Crippen LogP) is 0.468. The average molecular weight is 257 g/mol. The van der Waals surface area contributed by atoms with Crippen molar-refractivity contribution in [1.82, 2.24) is 9.99 Å². The minimum Gasteiger partial charge on any atom is -0.506 e. The van der Waals surface area contributed by atoms with E-state index in [1.165, 1.54) is 4.57 Å². The topological polar surface area (TPSA) is 83.7 Å². The SMILES string of the molecule is Cn1c(=O)c(C2=NNC(=O)C2)c(O)c2ccccc21. The first kappa shape index (κ1) is 11.5. The van der Waals surface area contributed by atoms with Gasteiger partial charge in [-0.2, -0.15) is 5.10 Å². The largest absolute Gasteiger partial charge is 0.506 e. The second kappa shape index (κ2) is 3.94. The van der Waals surface area contributed by atoms with Gasteiger partial charge in [0.25, 0.3) is 5.56 Å². The molecule has 2 aromatic rings. The number of pyridine rings is 1. The molecule has 0 atom stereocenters. The highest BCUT2D eigenvalue weighted by Crippen LogP contribution is 2.27. The zero-order chi connectivity index (χ0) is 13.6. The molecule has 3 rings (SSSR count). The van der Waals surface area contributed by atoms with Crippen LogP contribution in [0, 0.1) is 0 Å². The van der Waals surface area contributed by atoms with Gasteiger partial charge in [0, 0.05) is 12.4 Å². The molecule has 0 spiro atoms. The Morgan fingerprint density at radius 3 is 2.74 bits per heavy atom. The normalized spacial score (nSPS) is 14.6. The fraction of sp³-hybridized carbons (Fsp3) is 0.154. The summed E-state index contributed by atoms with van der Waals surface area (Å²) < 4.78 is 1.44. The number of aryl methyl sites for hydroxylation is 1. The quantitative estimate of drug-likeness (QED) is 0.778. The highest BCUT2D eigenvalue weighted by Gasteiger charge is 2.24. The van der Waals surface area contributed by atoms with Crippen LogP contribution >= 0.6 is 0 Å². The Morgan fingerprint density at radius 1 is 1.32 bits per heavy atom. The number of nitrogens with one attached hydrogen (secondary N) is 1. The molecule has 0 aliphatic carbocycles. The molecule has 0 fully saturated rings. The van der Waals surface area contributed by atoms with Gasteiger partial charge in [0.05, 0.1) is 17.6 Å². The molecule has 0 bridgehead atoms. The third-order valence-corrected chi connectivity index (χ3v) is 3.21. The molecule has 0 radical (unpaired) electrons. The number of nitrogens with zero attached hydrogens (tertiary/aromatic N) is 2.